The third kappa shape index (κ3) is 55.3. The molecule has 0 heterocycles. The van der Waals surface area contributed by atoms with Gasteiger partial charge in [-0.05, 0) is 50.3 Å². The van der Waals surface area contributed by atoms with Gasteiger partial charge in [0.1, 0.15) is 0 Å². The average molecular weight is 1040 g/mol. The van der Waals surface area contributed by atoms with Gasteiger partial charge < -0.3 is 0 Å². The summed E-state index contributed by atoms with van der Waals surface area (Å²) in [6.45, 7) is 9.30. The van der Waals surface area contributed by atoms with Gasteiger partial charge in [-0.3, -0.25) is 4.86 Å². The summed E-state index contributed by atoms with van der Waals surface area (Å²) in [5.74, 6) is 0. The Morgan fingerprint density at radius 2 is 0.275 bits per heavy atom. The standard InChI is InChI=1S/C64H133NP2S2/c1-5-9-13-17-21-25-29-33-37-41-45-49-53-57-61-66(68,62-58-54-50-46-42-38-34-30-26-22-18-14-10-6-2)65-67(69,63-59-55-51-47-43-39-35-31-27-23-19-15-11-7-3)64-60-56-52-48-44-40-36-32-28-24-20-16-12-8-4/h5-64H2,1-4H3,(H,65,68,69). The van der Waals surface area contributed by atoms with Crippen LogP contribution in [-0.4, -0.2) is 24.6 Å². The van der Waals surface area contributed by atoms with Crippen LogP contribution in [-0.2, 0) is 23.6 Å². The molecule has 416 valence electrons. The summed E-state index contributed by atoms with van der Waals surface area (Å²) in [5.41, 5.74) is 0. The largest absolute Gasteiger partial charge is 0.259 e. The number of rotatable bonds is 62. The third-order valence-corrected chi connectivity index (χ3v) is 26.6. The van der Waals surface area contributed by atoms with Crippen LogP contribution in [0.25, 0.3) is 0 Å². The average Bonchev–Trinajstić information content (AvgIpc) is 3.34. The highest BCUT2D eigenvalue weighted by molar-refractivity contribution is 8.22. The highest BCUT2D eigenvalue weighted by Crippen LogP contribution is 2.57. The number of nitrogens with one attached hydrogen (secondary N) is 1. The molecular weight excluding hydrogens is 909 g/mol. The molecule has 0 aromatic heterocycles. The van der Waals surface area contributed by atoms with Crippen LogP contribution in [0.4, 0.5) is 0 Å². The SMILES string of the molecule is CCCCCCCCCCCCCCCCP(=S)(CCCCCCCCCCCCCCCC)NP(=S)(CCCCCCCCCCCCCCCC)CCCCCCCCCCCCCCCC. The van der Waals surface area contributed by atoms with Gasteiger partial charge in [0.2, 0.25) is 0 Å². The second-order valence-corrected chi connectivity index (χ2v) is 33.5. The maximum atomic E-state index is 6.91. The number of hydrogen-bond acceptors (Lipinski definition) is 2. The monoisotopic (exact) mass is 1040 g/mol. The van der Waals surface area contributed by atoms with Crippen LogP contribution in [0.3, 0.4) is 0 Å². The molecule has 0 aliphatic carbocycles. The van der Waals surface area contributed by atoms with E-state index >= 15 is 0 Å². The van der Waals surface area contributed by atoms with E-state index in [1.807, 2.05) is 0 Å². The van der Waals surface area contributed by atoms with Gasteiger partial charge in [0.05, 0.1) is 0 Å². The topological polar surface area (TPSA) is 12.0 Å². The molecule has 0 atom stereocenters. The smallest absolute Gasteiger partial charge is 0.0164 e. The Morgan fingerprint density at radius 1 is 0.174 bits per heavy atom. The molecule has 0 bridgehead atoms. The van der Waals surface area contributed by atoms with Crippen LogP contribution in [0.5, 0.6) is 0 Å². The Hall–Kier alpha value is 1.26. The molecule has 1 nitrogen and oxygen atoms in total. The zero-order valence-electron chi connectivity index (χ0n) is 48.6. The van der Waals surface area contributed by atoms with E-state index in [4.69, 9.17) is 23.6 Å². The van der Waals surface area contributed by atoms with Crippen molar-refractivity contribution < 1.29 is 0 Å². The van der Waals surface area contributed by atoms with Crippen molar-refractivity contribution in [3.05, 3.63) is 0 Å². The van der Waals surface area contributed by atoms with Crippen molar-refractivity contribution in [1.29, 1.82) is 0 Å². The lowest BCUT2D eigenvalue weighted by atomic mass is 10.0. The van der Waals surface area contributed by atoms with E-state index in [1.54, 1.807) is 0 Å². The van der Waals surface area contributed by atoms with Crippen molar-refractivity contribution in [3.8, 4) is 0 Å². The molecule has 0 aliphatic heterocycles. The minimum absolute atomic E-state index is 1.27. The molecule has 0 fully saturated rings. The molecule has 1 N–H and O–H groups in total. The van der Waals surface area contributed by atoms with Crippen molar-refractivity contribution >= 4 is 36.0 Å². The zero-order valence-corrected chi connectivity index (χ0v) is 52.1. The van der Waals surface area contributed by atoms with Gasteiger partial charge in [-0.25, -0.2) is 0 Å². The lowest BCUT2D eigenvalue weighted by molar-refractivity contribution is 0.537. The summed E-state index contributed by atoms with van der Waals surface area (Å²) in [6, 6.07) is 0. The predicted molar refractivity (Wildman–Crippen MR) is 332 cm³/mol. The Bertz CT molecular complexity index is 897. The van der Waals surface area contributed by atoms with E-state index in [1.165, 1.54) is 384 Å². The molecule has 0 unspecified atom stereocenters. The van der Waals surface area contributed by atoms with E-state index in [0.29, 0.717) is 0 Å². The quantitative estimate of drug-likeness (QED) is 0.0482. The summed E-state index contributed by atoms with van der Waals surface area (Å²) in [5, 5.41) is 0. The van der Waals surface area contributed by atoms with Gasteiger partial charge >= 0.3 is 0 Å². The van der Waals surface area contributed by atoms with E-state index in [2.05, 4.69) is 32.6 Å². The summed E-state index contributed by atoms with van der Waals surface area (Å²) < 4.78 is 0. The molecule has 0 radical (unpaired) electrons. The van der Waals surface area contributed by atoms with Crippen molar-refractivity contribution in [3.63, 3.8) is 0 Å². The van der Waals surface area contributed by atoms with Crippen molar-refractivity contribution in [1.82, 2.24) is 4.86 Å². The van der Waals surface area contributed by atoms with Gasteiger partial charge in [0, 0.05) is 12.4 Å². The van der Waals surface area contributed by atoms with Gasteiger partial charge in [0.15, 0.2) is 0 Å². The van der Waals surface area contributed by atoms with Crippen LogP contribution in [0, 0.1) is 0 Å². The summed E-state index contributed by atoms with van der Waals surface area (Å²) >= 11 is 13.8. The fraction of sp³-hybridized carbons (Fsp3) is 1.00. The number of hydrogen-bond donors (Lipinski definition) is 1. The van der Waals surface area contributed by atoms with Crippen LogP contribution in [0.1, 0.15) is 387 Å². The fourth-order valence-corrected chi connectivity index (χ4v) is 23.5. The molecule has 0 amide bonds. The molecule has 0 aromatic carbocycles. The third-order valence-electron chi connectivity index (χ3n) is 15.9. The number of unbranched alkanes of at least 4 members (excludes halogenated alkanes) is 52. The maximum Gasteiger partial charge on any atom is 0.0164 e. The van der Waals surface area contributed by atoms with Crippen LogP contribution >= 0.6 is 12.4 Å². The van der Waals surface area contributed by atoms with E-state index in [-0.39, 0.29) is 0 Å². The Morgan fingerprint density at radius 3 is 0.391 bits per heavy atom. The zero-order chi connectivity index (χ0) is 50.1. The minimum atomic E-state index is -1.66. The van der Waals surface area contributed by atoms with Crippen molar-refractivity contribution in [2.75, 3.05) is 24.6 Å². The maximum absolute atomic E-state index is 6.91. The second kappa shape index (κ2) is 58.5. The molecule has 0 aliphatic rings. The van der Waals surface area contributed by atoms with E-state index in [0.717, 1.165) is 0 Å². The highest BCUT2D eigenvalue weighted by Gasteiger charge is 2.25. The molecule has 0 rings (SSSR count). The van der Waals surface area contributed by atoms with Crippen molar-refractivity contribution in [2.45, 2.75) is 387 Å². The first-order chi connectivity index (χ1) is 33.9. The summed E-state index contributed by atoms with van der Waals surface area (Å²) in [4.78, 5) is 4.45. The van der Waals surface area contributed by atoms with Crippen LogP contribution in [0.15, 0.2) is 0 Å². The first-order valence-electron chi connectivity index (χ1n) is 32.9. The predicted octanol–water partition coefficient (Wildman–Crippen LogP) is 25.3. The van der Waals surface area contributed by atoms with Crippen LogP contribution in [0.2, 0.25) is 0 Å². The second-order valence-electron chi connectivity index (χ2n) is 23.2. The normalized spacial score (nSPS) is 12.2. The Kier molecular flexibility index (Phi) is 59.6. The molecule has 0 aromatic rings. The first kappa shape index (κ1) is 70.3. The molecule has 69 heavy (non-hydrogen) atoms. The Labute approximate surface area is 450 Å². The van der Waals surface area contributed by atoms with Gasteiger partial charge in [-0.2, -0.15) is 0 Å². The highest BCUT2D eigenvalue weighted by atomic mass is 32.5. The van der Waals surface area contributed by atoms with Crippen LogP contribution < -0.4 is 4.86 Å². The molecule has 0 spiro atoms. The molecule has 5 heteroatoms. The van der Waals surface area contributed by atoms with E-state index < -0.39 is 12.4 Å². The molecule has 0 saturated carbocycles. The van der Waals surface area contributed by atoms with Gasteiger partial charge in [-0.1, -0.05) is 385 Å². The molecular formula is C64H133NP2S2. The minimum Gasteiger partial charge on any atom is -0.259 e. The van der Waals surface area contributed by atoms with Gasteiger partial charge in [-0.15, -0.1) is 0 Å². The summed E-state index contributed by atoms with van der Waals surface area (Å²) in [7, 11) is 0. The van der Waals surface area contributed by atoms with Crippen molar-refractivity contribution in [2.24, 2.45) is 0 Å². The Balaban J connectivity index is 5.12. The van der Waals surface area contributed by atoms with Gasteiger partial charge in [0.25, 0.3) is 0 Å². The fourth-order valence-electron chi connectivity index (χ4n) is 11.0. The lowest BCUT2D eigenvalue weighted by Crippen LogP contribution is -2.17. The first-order valence-corrected chi connectivity index (χ1v) is 39.3. The summed E-state index contributed by atoms with van der Waals surface area (Å²) in [6.07, 6.45) is 81.9. The lowest BCUT2D eigenvalue weighted by Gasteiger charge is -2.33. The van der Waals surface area contributed by atoms with E-state index in [9.17, 15) is 0 Å². The molecule has 0 saturated heterocycles.